The molecule has 0 amide bonds. The van der Waals surface area contributed by atoms with E-state index in [-0.39, 0.29) is 0 Å². The van der Waals surface area contributed by atoms with Crippen LogP contribution in [0.25, 0.3) is 0 Å². The van der Waals surface area contributed by atoms with Crippen molar-refractivity contribution in [2.45, 2.75) is 50.7 Å². The number of hydrogen-bond donors (Lipinski definition) is 1. The van der Waals surface area contributed by atoms with E-state index in [1.807, 2.05) is 6.07 Å². The average Bonchev–Trinajstić information content (AvgIpc) is 2.79. The number of carboxylic acids is 1. The van der Waals surface area contributed by atoms with Gasteiger partial charge in [-0.25, -0.2) is 0 Å². The zero-order chi connectivity index (χ0) is 14.3. The molecule has 3 heterocycles. The molecule has 3 rings (SSSR count). The molecular formula is C14H17Br2NO3. The molecular weight excluding hydrogens is 390 g/mol. The number of fused-ring (bicyclic) bond motifs is 2. The molecule has 2 bridgehead atoms. The molecule has 0 aromatic carbocycles. The van der Waals surface area contributed by atoms with E-state index in [4.69, 9.17) is 9.52 Å². The largest absolute Gasteiger partial charge is 0.481 e. The first kappa shape index (κ1) is 14.6. The molecule has 2 saturated heterocycles. The van der Waals surface area contributed by atoms with Gasteiger partial charge in [0.05, 0.1) is 11.0 Å². The number of carbonyl (C=O) groups is 1. The first-order chi connectivity index (χ1) is 9.52. The molecule has 0 saturated carbocycles. The Morgan fingerprint density at radius 2 is 2.00 bits per heavy atom. The Bertz CT molecular complexity index is 483. The van der Waals surface area contributed by atoms with Crippen LogP contribution in [0.3, 0.4) is 0 Å². The summed E-state index contributed by atoms with van der Waals surface area (Å²) in [7, 11) is 0. The van der Waals surface area contributed by atoms with E-state index in [9.17, 15) is 4.79 Å². The van der Waals surface area contributed by atoms with Crippen molar-refractivity contribution in [3.8, 4) is 0 Å². The van der Waals surface area contributed by atoms with Gasteiger partial charge in [0.1, 0.15) is 5.76 Å². The van der Waals surface area contributed by atoms with Crippen molar-refractivity contribution in [3.63, 3.8) is 0 Å². The number of furan rings is 1. The average molecular weight is 407 g/mol. The molecule has 6 heteroatoms. The molecule has 1 N–H and O–H groups in total. The molecule has 4 nitrogen and oxygen atoms in total. The minimum atomic E-state index is -0.665. The highest BCUT2D eigenvalue weighted by Gasteiger charge is 2.41. The van der Waals surface area contributed by atoms with E-state index in [0.29, 0.717) is 24.4 Å². The van der Waals surface area contributed by atoms with Crippen LogP contribution in [-0.2, 0) is 11.3 Å². The quantitative estimate of drug-likeness (QED) is 0.820. The van der Waals surface area contributed by atoms with E-state index in [1.54, 1.807) is 0 Å². The Morgan fingerprint density at radius 3 is 2.50 bits per heavy atom. The number of halogens is 2. The Morgan fingerprint density at radius 1 is 1.35 bits per heavy atom. The molecule has 2 atom stereocenters. The van der Waals surface area contributed by atoms with Gasteiger partial charge in [0.15, 0.2) is 4.67 Å². The van der Waals surface area contributed by atoms with Crippen LogP contribution in [-0.4, -0.2) is 28.1 Å². The lowest BCUT2D eigenvalue weighted by Gasteiger charge is -2.38. The molecule has 2 fully saturated rings. The summed E-state index contributed by atoms with van der Waals surface area (Å²) in [6.07, 6.45) is 4.70. The molecule has 0 aliphatic carbocycles. The van der Waals surface area contributed by atoms with Gasteiger partial charge in [-0.1, -0.05) is 0 Å². The number of carboxylic acid groups (broad SMARTS) is 1. The second kappa shape index (κ2) is 5.81. The zero-order valence-electron chi connectivity index (χ0n) is 11.0. The smallest absolute Gasteiger partial charge is 0.303 e. The standard InChI is InChI=1S/C14H17Br2NO3/c15-12-6-11(20-14(12)16)7-17-9-1-2-10(17)4-8(3-9)5-13(18)19/h6,8-10H,1-5,7H2,(H,18,19). The summed E-state index contributed by atoms with van der Waals surface area (Å²) in [5.74, 6) is 0.635. The Kier molecular flexibility index (Phi) is 4.24. The predicted octanol–water partition coefficient (Wildman–Crippen LogP) is 4.02. The molecule has 110 valence electrons. The third-order valence-corrected chi connectivity index (χ3v) is 6.19. The van der Waals surface area contributed by atoms with Gasteiger partial charge in [0.25, 0.3) is 0 Å². The lowest BCUT2D eigenvalue weighted by atomic mass is 9.88. The predicted molar refractivity (Wildman–Crippen MR) is 81.4 cm³/mol. The van der Waals surface area contributed by atoms with Crippen LogP contribution in [0.1, 0.15) is 37.9 Å². The highest BCUT2D eigenvalue weighted by Crippen LogP contribution is 2.41. The molecule has 1 aromatic heterocycles. The Balaban J connectivity index is 1.66. The second-order valence-electron chi connectivity index (χ2n) is 5.83. The number of nitrogens with zero attached hydrogens (tertiary/aromatic N) is 1. The first-order valence-electron chi connectivity index (χ1n) is 6.94. The third kappa shape index (κ3) is 2.97. The van der Waals surface area contributed by atoms with Crippen LogP contribution in [0.2, 0.25) is 0 Å². The molecule has 20 heavy (non-hydrogen) atoms. The summed E-state index contributed by atoms with van der Waals surface area (Å²) >= 11 is 6.81. The van der Waals surface area contributed by atoms with Crippen molar-refractivity contribution in [3.05, 3.63) is 21.0 Å². The fourth-order valence-electron chi connectivity index (χ4n) is 3.71. The van der Waals surface area contributed by atoms with Crippen LogP contribution in [0.15, 0.2) is 19.6 Å². The maximum Gasteiger partial charge on any atom is 0.303 e. The molecule has 2 aliphatic heterocycles. The van der Waals surface area contributed by atoms with Crippen LogP contribution >= 0.6 is 31.9 Å². The molecule has 0 radical (unpaired) electrons. The minimum absolute atomic E-state index is 0.318. The summed E-state index contributed by atoms with van der Waals surface area (Å²) < 4.78 is 7.35. The zero-order valence-corrected chi connectivity index (χ0v) is 14.2. The van der Waals surface area contributed by atoms with Gasteiger partial charge in [-0.2, -0.15) is 0 Å². The lowest BCUT2D eigenvalue weighted by molar-refractivity contribution is -0.138. The van der Waals surface area contributed by atoms with Gasteiger partial charge < -0.3 is 9.52 Å². The van der Waals surface area contributed by atoms with Gasteiger partial charge in [0, 0.05) is 18.5 Å². The lowest BCUT2D eigenvalue weighted by Crippen LogP contribution is -2.42. The van der Waals surface area contributed by atoms with Gasteiger partial charge in [-0.3, -0.25) is 9.69 Å². The second-order valence-corrected chi connectivity index (χ2v) is 7.40. The fourth-order valence-corrected chi connectivity index (χ4v) is 4.37. The normalized spacial score (nSPS) is 29.8. The maximum atomic E-state index is 10.9. The number of rotatable bonds is 4. The summed E-state index contributed by atoms with van der Waals surface area (Å²) in [6.45, 7) is 0.819. The third-order valence-electron chi connectivity index (χ3n) is 4.48. The van der Waals surface area contributed by atoms with Gasteiger partial charge in [-0.05, 0) is 69.5 Å². The van der Waals surface area contributed by atoms with Crippen molar-refractivity contribution in [1.29, 1.82) is 0 Å². The minimum Gasteiger partial charge on any atom is -0.481 e. The summed E-state index contributed by atoms with van der Waals surface area (Å²) in [4.78, 5) is 13.4. The van der Waals surface area contributed by atoms with Gasteiger partial charge in [0.2, 0.25) is 0 Å². The highest BCUT2D eigenvalue weighted by molar-refractivity contribution is 9.13. The van der Waals surface area contributed by atoms with Crippen molar-refractivity contribution >= 4 is 37.8 Å². The Hall–Kier alpha value is -0.330. The van der Waals surface area contributed by atoms with E-state index >= 15 is 0 Å². The van der Waals surface area contributed by atoms with E-state index in [0.717, 1.165) is 34.3 Å². The van der Waals surface area contributed by atoms with E-state index in [2.05, 4.69) is 36.8 Å². The van der Waals surface area contributed by atoms with E-state index < -0.39 is 5.97 Å². The topological polar surface area (TPSA) is 53.7 Å². The van der Waals surface area contributed by atoms with Crippen molar-refractivity contribution in [2.24, 2.45) is 5.92 Å². The molecule has 2 unspecified atom stereocenters. The van der Waals surface area contributed by atoms with Crippen molar-refractivity contribution in [2.75, 3.05) is 0 Å². The summed E-state index contributed by atoms with van der Waals surface area (Å²) in [5, 5.41) is 8.95. The monoisotopic (exact) mass is 405 g/mol. The molecule has 0 spiro atoms. The van der Waals surface area contributed by atoms with Gasteiger partial charge >= 0.3 is 5.97 Å². The van der Waals surface area contributed by atoms with Gasteiger partial charge in [-0.15, -0.1) is 0 Å². The number of piperidine rings is 1. The van der Waals surface area contributed by atoms with Crippen LogP contribution < -0.4 is 0 Å². The molecule has 1 aromatic rings. The SMILES string of the molecule is O=C(O)CC1CC2CCC(C1)N2Cc1cc(Br)c(Br)o1. The summed E-state index contributed by atoms with van der Waals surface area (Å²) in [5.41, 5.74) is 0. The van der Waals surface area contributed by atoms with Crippen LogP contribution in [0.4, 0.5) is 0 Å². The van der Waals surface area contributed by atoms with E-state index in [1.165, 1.54) is 12.8 Å². The first-order valence-corrected chi connectivity index (χ1v) is 8.52. The highest BCUT2D eigenvalue weighted by atomic mass is 79.9. The van der Waals surface area contributed by atoms with Crippen LogP contribution in [0.5, 0.6) is 0 Å². The summed E-state index contributed by atoms with van der Waals surface area (Å²) in [6, 6.07) is 3.04. The van der Waals surface area contributed by atoms with Crippen molar-refractivity contribution in [1.82, 2.24) is 4.90 Å². The Labute approximate surface area is 134 Å². The van der Waals surface area contributed by atoms with Crippen LogP contribution in [0, 0.1) is 5.92 Å². The van der Waals surface area contributed by atoms with Crippen molar-refractivity contribution < 1.29 is 14.3 Å². The molecule has 2 aliphatic rings. The number of aliphatic carboxylic acids is 1. The fraction of sp³-hybridized carbons (Fsp3) is 0.643. The number of hydrogen-bond acceptors (Lipinski definition) is 3. The maximum absolute atomic E-state index is 10.9.